The van der Waals surface area contributed by atoms with Gasteiger partial charge in [-0.1, -0.05) is 31.0 Å². The molecule has 2 atom stereocenters. The number of piperidine rings is 2. The van der Waals surface area contributed by atoms with E-state index in [4.69, 9.17) is 4.74 Å². The molecule has 0 spiro atoms. The van der Waals surface area contributed by atoms with Gasteiger partial charge in [-0.25, -0.2) is 4.39 Å². The second-order valence-electron chi connectivity index (χ2n) is 11.3. The Morgan fingerprint density at radius 2 is 1.72 bits per heavy atom. The number of rotatable bonds is 7. The maximum atomic E-state index is 15.0. The summed E-state index contributed by atoms with van der Waals surface area (Å²) in [7, 11) is 0. The van der Waals surface area contributed by atoms with E-state index < -0.39 is 23.5 Å². The first kappa shape index (κ1) is 27.9. The molecule has 1 unspecified atom stereocenters. The number of likely N-dealkylation sites (tertiary alicyclic amines) is 2. The van der Waals surface area contributed by atoms with Crippen LogP contribution in [0.2, 0.25) is 0 Å². The number of hydrogen-bond acceptors (Lipinski definition) is 4. The zero-order chi connectivity index (χ0) is 27.6. The summed E-state index contributed by atoms with van der Waals surface area (Å²) in [6, 6.07) is 11.4. The minimum Gasteiger partial charge on any atom is -0.489 e. The van der Waals surface area contributed by atoms with E-state index in [1.54, 1.807) is 41.3 Å². The molecule has 2 saturated heterocycles. The second-order valence-corrected chi connectivity index (χ2v) is 11.3. The Morgan fingerprint density at radius 1 is 0.974 bits per heavy atom. The third kappa shape index (κ3) is 6.09. The van der Waals surface area contributed by atoms with Crippen LogP contribution in [0.5, 0.6) is 5.75 Å². The normalized spacial score (nSPS) is 23.8. The van der Waals surface area contributed by atoms with Crippen molar-refractivity contribution in [3.05, 3.63) is 53.8 Å². The van der Waals surface area contributed by atoms with Crippen molar-refractivity contribution in [2.24, 2.45) is 5.41 Å². The molecule has 5 rings (SSSR count). The zero-order valence-electron chi connectivity index (χ0n) is 22.1. The molecule has 0 radical (unpaired) electrons. The van der Waals surface area contributed by atoms with Gasteiger partial charge in [-0.05, 0) is 80.5 Å². The van der Waals surface area contributed by atoms with Crippen LogP contribution in [0, 0.1) is 11.2 Å². The Kier molecular flexibility index (Phi) is 8.19. The summed E-state index contributed by atoms with van der Waals surface area (Å²) in [6.45, 7) is 1.68. The molecule has 2 aromatic carbocycles. The van der Waals surface area contributed by atoms with E-state index in [2.05, 4.69) is 0 Å². The molecule has 2 heterocycles. The Morgan fingerprint density at radius 3 is 2.36 bits per heavy atom. The number of aliphatic hydroxyl groups is 1. The van der Waals surface area contributed by atoms with Gasteiger partial charge in [0.15, 0.2) is 11.6 Å². The van der Waals surface area contributed by atoms with Crippen molar-refractivity contribution in [1.29, 1.82) is 0 Å². The summed E-state index contributed by atoms with van der Waals surface area (Å²) in [4.78, 5) is 16.3. The van der Waals surface area contributed by atoms with Crippen LogP contribution < -0.4 is 4.74 Å². The van der Waals surface area contributed by atoms with Crippen LogP contribution in [0.4, 0.5) is 17.6 Å². The van der Waals surface area contributed by atoms with Gasteiger partial charge in [0.1, 0.15) is 6.61 Å². The number of ether oxygens (including phenoxy) is 1. The summed E-state index contributed by atoms with van der Waals surface area (Å²) < 4.78 is 62.0. The molecule has 0 aromatic heterocycles. The van der Waals surface area contributed by atoms with Crippen molar-refractivity contribution in [3.63, 3.8) is 0 Å². The van der Waals surface area contributed by atoms with Crippen molar-refractivity contribution < 1.29 is 32.2 Å². The molecule has 9 heteroatoms. The highest BCUT2D eigenvalue weighted by atomic mass is 19.4. The number of carbonyl (C=O) groups is 1. The molecule has 39 heavy (non-hydrogen) atoms. The van der Waals surface area contributed by atoms with E-state index in [1.807, 2.05) is 4.90 Å². The van der Waals surface area contributed by atoms with Gasteiger partial charge in [0.25, 0.3) is 5.91 Å². The Balaban J connectivity index is 1.21. The van der Waals surface area contributed by atoms with E-state index in [0.717, 1.165) is 31.2 Å². The average Bonchev–Trinajstić information content (AvgIpc) is 2.89. The van der Waals surface area contributed by atoms with Crippen molar-refractivity contribution in [2.45, 2.75) is 69.7 Å². The highest BCUT2D eigenvalue weighted by molar-refractivity contribution is 5.94. The molecule has 2 aromatic rings. The SMILES string of the molecule is O=C(c1ccc(-c2ccc(OCC3CCCCN3CC3(C(F)(F)F)CCC3)c(F)c2)cc1)N1CCC[C@H](O)C1. The fourth-order valence-corrected chi connectivity index (χ4v) is 6.09. The first-order valence-electron chi connectivity index (χ1n) is 14.0. The number of alkyl halides is 3. The van der Waals surface area contributed by atoms with Gasteiger partial charge >= 0.3 is 6.18 Å². The number of hydrogen-bond donors (Lipinski definition) is 1. The minimum atomic E-state index is -4.21. The largest absolute Gasteiger partial charge is 0.489 e. The summed E-state index contributed by atoms with van der Waals surface area (Å²) in [5, 5.41) is 9.85. The maximum absolute atomic E-state index is 15.0. The smallest absolute Gasteiger partial charge is 0.395 e. The lowest BCUT2D eigenvalue weighted by Gasteiger charge is -2.48. The van der Waals surface area contributed by atoms with Gasteiger partial charge in [0.2, 0.25) is 0 Å². The molecule has 0 bridgehead atoms. The van der Waals surface area contributed by atoms with Crippen LogP contribution in [0.15, 0.2) is 42.5 Å². The number of aliphatic hydroxyl groups excluding tert-OH is 1. The van der Waals surface area contributed by atoms with Gasteiger partial charge in [-0.15, -0.1) is 0 Å². The first-order valence-corrected chi connectivity index (χ1v) is 14.0. The van der Waals surface area contributed by atoms with Crippen LogP contribution in [-0.2, 0) is 0 Å². The lowest BCUT2D eigenvalue weighted by Crippen LogP contribution is -2.56. The predicted octanol–water partition coefficient (Wildman–Crippen LogP) is 6.06. The van der Waals surface area contributed by atoms with Crippen LogP contribution in [0.25, 0.3) is 11.1 Å². The topological polar surface area (TPSA) is 53.0 Å². The Labute approximate surface area is 226 Å². The fraction of sp³-hybridized carbons (Fsp3) is 0.567. The molecule has 1 amide bonds. The van der Waals surface area contributed by atoms with Gasteiger partial charge in [0.05, 0.1) is 11.5 Å². The van der Waals surface area contributed by atoms with E-state index >= 15 is 0 Å². The third-order valence-corrected chi connectivity index (χ3v) is 8.68. The van der Waals surface area contributed by atoms with Crippen LogP contribution in [0.3, 0.4) is 0 Å². The first-order chi connectivity index (χ1) is 18.6. The maximum Gasteiger partial charge on any atom is 0.395 e. The van der Waals surface area contributed by atoms with Gasteiger partial charge < -0.3 is 14.7 Å². The van der Waals surface area contributed by atoms with Gasteiger partial charge in [-0.3, -0.25) is 9.69 Å². The number of benzene rings is 2. The Bertz CT molecular complexity index is 1150. The quantitative estimate of drug-likeness (QED) is 0.428. The number of amides is 1. The molecular weight excluding hydrogens is 512 g/mol. The number of nitrogens with zero attached hydrogens (tertiary/aromatic N) is 2. The lowest BCUT2D eigenvalue weighted by atomic mass is 9.67. The lowest BCUT2D eigenvalue weighted by molar-refractivity contribution is -0.258. The minimum absolute atomic E-state index is 0.0111. The van der Waals surface area contributed by atoms with Crippen molar-refractivity contribution in [3.8, 4) is 16.9 Å². The van der Waals surface area contributed by atoms with Crippen molar-refractivity contribution in [2.75, 3.05) is 32.8 Å². The van der Waals surface area contributed by atoms with E-state index in [9.17, 15) is 27.5 Å². The van der Waals surface area contributed by atoms with Crippen LogP contribution >= 0.6 is 0 Å². The number of halogens is 4. The van der Waals surface area contributed by atoms with E-state index in [0.29, 0.717) is 43.6 Å². The van der Waals surface area contributed by atoms with Gasteiger partial charge in [0, 0.05) is 31.2 Å². The fourth-order valence-electron chi connectivity index (χ4n) is 6.09. The Hall–Kier alpha value is -2.65. The third-order valence-electron chi connectivity index (χ3n) is 8.68. The molecule has 3 fully saturated rings. The molecular formula is C30H36F4N2O3. The molecule has 3 aliphatic rings. The number of carbonyl (C=O) groups excluding carboxylic acids is 1. The molecule has 1 saturated carbocycles. The highest BCUT2D eigenvalue weighted by Crippen LogP contribution is 2.53. The summed E-state index contributed by atoms with van der Waals surface area (Å²) >= 11 is 0. The average molecular weight is 549 g/mol. The molecule has 5 nitrogen and oxygen atoms in total. The summed E-state index contributed by atoms with van der Waals surface area (Å²) in [5.74, 6) is -0.595. The highest BCUT2D eigenvalue weighted by Gasteiger charge is 2.59. The second kappa shape index (κ2) is 11.5. The van der Waals surface area contributed by atoms with Crippen molar-refractivity contribution in [1.82, 2.24) is 9.80 Å². The predicted molar refractivity (Wildman–Crippen MR) is 140 cm³/mol. The van der Waals surface area contributed by atoms with E-state index in [1.165, 1.54) is 6.07 Å². The summed E-state index contributed by atoms with van der Waals surface area (Å²) in [5.41, 5.74) is 0.264. The standard InChI is InChI=1S/C30H36F4N2O3/c31-26-17-23(21-7-9-22(10-8-21)28(38)35-16-3-6-25(37)18-35)11-12-27(26)39-19-24-5-1-2-15-36(24)20-29(13-4-14-29)30(32,33)34/h7-12,17,24-25,37H,1-6,13-16,18-20H2/t24?,25-/m0/s1. The van der Waals surface area contributed by atoms with Crippen molar-refractivity contribution >= 4 is 5.91 Å². The van der Waals surface area contributed by atoms with Crippen LogP contribution in [0.1, 0.15) is 61.7 Å². The monoisotopic (exact) mass is 548 g/mol. The summed E-state index contributed by atoms with van der Waals surface area (Å²) in [6.07, 6.45) is 0.226. The number of β-amino-alcohol motifs (C(OH)–C–C–N with tert-alkyl or cyclic N) is 1. The van der Waals surface area contributed by atoms with Gasteiger partial charge in [-0.2, -0.15) is 13.2 Å². The zero-order valence-corrected chi connectivity index (χ0v) is 22.1. The molecule has 212 valence electrons. The molecule has 1 aliphatic carbocycles. The molecule has 1 N–H and O–H groups in total. The molecule has 2 aliphatic heterocycles. The van der Waals surface area contributed by atoms with E-state index in [-0.39, 0.29) is 43.7 Å². The van der Waals surface area contributed by atoms with Crippen LogP contribution in [-0.4, -0.2) is 71.9 Å².